The number of aliphatic hydroxyl groups excluding tert-OH is 1. The average molecular weight is 542 g/mol. The van der Waals surface area contributed by atoms with Gasteiger partial charge in [0.1, 0.15) is 18.0 Å². The van der Waals surface area contributed by atoms with Crippen LogP contribution in [-0.2, 0) is 30.3 Å². The summed E-state index contributed by atoms with van der Waals surface area (Å²) in [5, 5.41) is 15.9. The lowest BCUT2D eigenvalue weighted by atomic mass is 9.85. The summed E-state index contributed by atoms with van der Waals surface area (Å²) in [6.07, 6.45) is -2.60. The predicted octanol–water partition coefficient (Wildman–Crippen LogP) is 2.16. The number of hydrogen-bond donors (Lipinski definition) is 3. The summed E-state index contributed by atoms with van der Waals surface area (Å²) in [6, 6.07) is 15.3. The maximum Gasteiger partial charge on any atom is 0.249 e. The number of anilines is 1. The van der Waals surface area contributed by atoms with Crippen LogP contribution >= 0.6 is 0 Å². The third-order valence-corrected chi connectivity index (χ3v) is 7.00. The van der Waals surface area contributed by atoms with Crippen molar-refractivity contribution in [1.29, 1.82) is 0 Å². The number of ether oxygens (including phenoxy) is 4. The van der Waals surface area contributed by atoms with Crippen molar-refractivity contribution in [2.24, 2.45) is 5.41 Å². The average Bonchev–Trinajstić information content (AvgIpc) is 2.96. The highest BCUT2D eigenvalue weighted by atomic mass is 16.7. The Bertz CT molecular complexity index is 1090. The predicted molar refractivity (Wildman–Crippen MR) is 145 cm³/mol. The Balaban J connectivity index is 1.21. The van der Waals surface area contributed by atoms with Crippen LogP contribution in [0, 0.1) is 5.41 Å². The normalized spacial score (nSPS) is 21.6. The van der Waals surface area contributed by atoms with Crippen LogP contribution in [-0.4, -0.2) is 75.7 Å². The third-order valence-electron chi connectivity index (χ3n) is 7.00. The number of rotatable bonds is 10. The molecule has 0 saturated carbocycles. The molecule has 0 aliphatic carbocycles. The molecule has 2 aliphatic heterocycles. The van der Waals surface area contributed by atoms with Gasteiger partial charge in [0.25, 0.3) is 0 Å². The Morgan fingerprint density at radius 3 is 2.44 bits per heavy atom. The van der Waals surface area contributed by atoms with Crippen molar-refractivity contribution in [2.75, 3.05) is 51.5 Å². The molecule has 212 valence electrons. The molecule has 0 spiro atoms. The summed E-state index contributed by atoms with van der Waals surface area (Å²) in [6.45, 7) is 7.74. The van der Waals surface area contributed by atoms with Crippen LogP contribution in [0.1, 0.15) is 37.7 Å². The number of methoxy groups -OCH3 is 1. The topological polar surface area (TPSA) is 119 Å². The molecule has 2 aliphatic rings. The first-order chi connectivity index (χ1) is 18.8. The van der Waals surface area contributed by atoms with Gasteiger partial charge in [-0.15, -0.1) is 0 Å². The van der Waals surface area contributed by atoms with E-state index in [9.17, 15) is 14.7 Å². The summed E-state index contributed by atoms with van der Waals surface area (Å²) in [7, 11) is 1.59. The van der Waals surface area contributed by atoms with E-state index in [0.717, 1.165) is 43.1 Å². The van der Waals surface area contributed by atoms with Crippen molar-refractivity contribution in [3.05, 3.63) is 59.7 Å². The van der Waals surface area contributed by atoms with Crippen molar-refractivity contribution in [2.45, 2.75) is 45.3 Å². The first kappa shape index (κ1) is 28.8. The fourth-order valence-electron chi connectivity index (χ4n) is 4.57. The number of aliphatic hydroxyl groups is 1. The maximum absolute atomic E-state index is 13.0. The van der Waals surface area contributed by atoms with E-state index in [1.807, 2.05) is 62.4 Å². The second kappa shape index (κ2) is 13.3. The van der Waals surface area contributed by atoms with E-state index in [-0.39, 0.29) is 18.9 Å². The van der Waals surface area contributed by atoms with Gasteiger partial charge in [-0.1, -0.05) is 38.1 Å². The summed E-state index contributed by atoms with van der Waals surface area (Å²) < 4.78 is 22.5. The molecular weight excluding hydrogens is 502 g/mol. The van der Waals surface area contributed by atoms with Crippen molar-refractivity contribution >= 4 is 17.5 Å². The lowest BCUT2D eigenvalue weighted by Gasteiger charge is -2.41. The minimum absolute atomic E-state index is 0.0824. The summed E-state index contributed by atoms with van der Waals surface area (Å²) in [4.78, 5) is 27.7. The number of carbonyl (C=O) groups excluding carboxylic acids is 2. The van der Waals surface area contributed by atoms with Crippen LogP contribution in [0.4, 0.5) is 5.69 Å². The van der Waals surface area contributed by atoms with Gasteiger partial charge in [-0.3, -0.25) is 9.59 Å². The van der Waals surface area contributed by atoms with Gasteiger partial charge < -0.3 is 39.6 Å². The highest BCUT2D eigenvalue weighted by Gasteiger charge is 2.43. The number of morpholine rings is 1. The quantitative estimate of drug-likeness (QED) is 0.419. The number of nitrogens with one attached hydrogen (secondary N) is 2. The second-order valence-corrected chi connectivity index (χ2v) is 10.5. The van der Waals surface area contributed by atoms with E-state index >= 15 is 0 Å². The molecule has 4 rings (SSSR count). The van der Waals surface area contributed by atoms with Gasteiger partial charge in [0.15, 0.2) is 6.29 Å². The molecule has 10 nitrogen and oxygen atoms in total. The Morgan fingerprint density at radius 2 is 1.77 bits per heavy atom. The van der Waals surface area contributed by atoms with Crippen LogP contribution in [0.5, 0.6) is 5.75 Å². The van der Waals surface area contributed by atoms with Crippen LogP contribution in [0.2, 0.25) is 0 Å². The highest BCUT2D eigenvalue weighted by Crippen LogP contribution is 2.37. The molecule has 3 atom stereocenters. The van der Waals surface area contributed by atoms with Crippen molar-refractivity contribution in [1.82, 2.24) is 10.6 Å². The largest absolute Gasteiger partial charge is 0.497 e. The molecule has 2 unspecified atom stereocenters. The molecule has 0 bridgehead atoms. The van der Waals surface area contributed by atoms with E-state index in [0.29, 0.717) is 18.9 Å². The van der Waals surface area contributed by atoms with Gasteiger partial charge in [0, 0.05) is 42.8 Å². The Labute approximate surface area is 229 Å². The molecule has 0 aromatic heterocycles. The molecular formula is C29H39N3O7. The van der Waals surface area contributed by atoms with Crippen LogP contribution in [0.3, 0.4) is 0 Å². The SMILES string of the molecule is COc1ccc([C@@H]2OCC(C)(C)C(C(=O)NCCC(O)C(=O)NCc3ccc(N4CCOCC4)cc3)O2)cc1. The first-order valence-electron chi connectivity index (χ1n) is 13.3. The van der Waals surface area contributed by atoms with Crippen molar-refractivity contribution in [3.8, 4) is 5.75 Å². The van der Waals surface area contributed by atoms with Crippen molar-refractivity contribution < 1.29 is 33.6 Å². The van der Waals surface area contributed by atoms with E-state index in [2.05, 4.69) is 15.5 Å². The molecule has 39 heavy (non-hydrogen) atoms. The van der Waals surface area contributed by atoms with Gasteiger partial charge in [0.2, 0.25) is 11.8 Å². The zero-order valence-corrected chi connectivity index (χ0v) is 22.9. The molecule has 0 radical (unpaired) electrons. The van der Waals surface area contributed by atoms with E-state index in [1.54, 1.807) is 7.11 Å². The Hall–Kier alpha value is -3.18. The number of nitrogens with zero attached hydrogens (tertiary/aromatic N) is 1. The molecule has 2 aromatic rings. The fourth-order valence-corrected chi connectivity index (χ4v) is 4.57. The van der Waals surface area contributed by atoms with Gasteiger partial charge in [0.05, 0.1) is 26.9 Å². The van der Waals surface area contributed by atoms with Gasteiger partial charge in [-0.2, -0.15) is 0 Å². The monoisotopic (exact) mass is 541 g/mol. The lowest BCUT2D eigenvalue weighted by Crippen LogP contribution is -2.52. The Morgan fingerprint density at radius 1 is 1.08 bits per heavy atom. The molecule has 2 aromatic carbocycles. The summed E-state index contributed by atoms with van der Waals surface area (Å²) in [5.74, 6) is -0.0769. The van der Waals surface area contributed by atoms with Crippen LogP contribution in [0.25, 0.3) is 0 Å². The molecule has 2 saturated heterocycles. The van der Waals surface area contributed by atoms with E-state index in [4.69, 9.17) is 18.9 Å². The molecule has 2 fully saturated rings. The highest BCUT2D eigenvalue weighted by molar-refractivity contribution is 5.82. The minimum atomic E-state index is -1.24. The number of amides is 2. The number of benzene rings is 2. The standard InChI is InChI=1S/C29H39N3O7/c1-29(2)19-38-28(21-6-10-23(36-3)11-7-21)39-25(29)27(35)30-13-12-24(33)26(34)31-18-20-4-8-22(9-5-20)32-14-16-37-17-15-32/h4-11,24-25,28,33H,12-19H2,1-3H3,(H,30,35)(H,31,34)/t24?,25?,28-/m1/s1. The molecule has 2 heterocycles. The second-order valence-electron chi connectivity index (χ2n) is 10.5. The zero-order valence-electron chi connectivity index (χ0n) is 22.9. The lowest BCUT2D eigenvalue weighted by molar-refractivity contribution is -0.258. The van der Waals surface area contributed by atoms with Gasteiger partial charge >= 0.3 is 0 Å². The molecule has 2 amide bonds. The smallest absolute Gasteiger partial charge is 0.249 e. The van der Waals surface area contributed by atoms with Gasteiger partial charge in [-0.25, -0.2) is 0 Å². The first-order valence-corrected chi connectivity index (χ1v) is 13.3. The summed E-state index contributed by atoms with van der Waals surface area (Å²) in [5.41, 5.74) is 2.29. The number of carbonyl (C=O) groups is 2. The summed E-state index contributed by atoms with van der Waals surface area (Å²) >= 11 is 0. The molecule has 3 N–H and O–H groups in total. The zero-order chi connectivity index (χ0) is 27.8. The third kappa shape index (κ3) is 7.69. The van der Waals surface area contributed by atoms with E-state index in [1.165, 1.54) is 0 Å². The van der Waals surface area contributed by atoms with Gasteiger partial charge in [-0.05, 0) is 36.2 Å². The van der Waals surface area contributed by atoms with E-state index < -0.39 is 29.8 Å². The van der Waals surface area contributed by atoms with Crippen LogP contribution in [0.15, 0.2) is 48.5 Å². The fraction of sp³-hybridized carbons (Fsp3) is 0.517. The maximum atomic E-state index is 13.0. The minimum Gasteiger partial charge on any atom is -0.497 e. The van der Waals surface area contributed by atoms with Crippen molar-refractivity contribution in [3.63, 3.8) is 0 Å². The number of hydrogen-bond acceptors (Lipinski definition) is 8. The van der Waals surface area contributed by atoms with Crippen LogP contribution < -0.4 is 20.3 Å². The Kier molecular flexibility index (Phi) is 9.79. The molecule has 10 heteroatoms.